The fourth-order valence-electron chi connectivity index (χ4n) is 1.50. The van der Waals surface area contributed by atoms with Gasteiger partial charge in [-0.3, -0.25) is 10.3 Å². The summed E-state index contributed by atoms with van der Waals surface area (Å²) < 4.78 is 0. The van der Waals surface area contributed by atoms with Crippen LogP contribution in [-0.2, 0) is 6.54 Å². The van der Waals surface area contributed by atoms with E-state index in [0.29, 0.717) is 6.42 Å². The van der Waals surface area contributed by atoms with Gasteiger partial charge in [-0.15, -0.1) is 0 Å². The van der Waals surface area contributed by atoms with Crippen molar-refractivity contribution < 1.29 is 0 Å². The van der Waals surface area contributed by atoms with E-state index in [9.17, 15) is 0 Å². The molecular weight excluding hydrogens is 222 g/mol. The second kappa shape index (κ2) is 6.51. The van der Waals surface area contributed by atoms with E-state index in [-0.39, 0.29) is 5.84 Å². The van der Waals surface area contributed by atoms with Crippen molar-refractivity contribution in [3.8, 4) is 0 Å². The molecule has 1 rings (SSSR count). The second-order valence-corrected chi connectivity index (χ2v) is 4.14. The zero-order valence-corrected chi connectivity index (χ0v) is 10.3. The minimum Gasteiger partial charge on any atom is -0.388 e. The van der Waals surface area contributed by atoms with Gasteiger partial charge in [-0.1, -0.05) is 36.7 Å². The standard InChI is InChI=1S/C12H18ClN3/c1-2-16(8-7-12(14)15)9-10-5-3-4-6-11(10)13/h3-6H,2,7-9H2,1H3,(H3,14,15). The summed E-state index contributed by atoms with van der Waals surface area (Å²) in [7, 11) is 0. The monoisotopic (exact) mass is 239 g/mol. The Kier molecular flexibility index (Phi) is 5.29. The van der Waals surface area contributed by atoms with Crippen molar-refractivity contribution in [2.75, 3.05) is 13.1 Å². The third-order valence-electron chi connectivity index (χ3n) is 2.50. The lowest BCUT2D eigenvalue weighted by Crippen LogP contribution is -2.27. The van der Waals surface area contributed by atoms with Gasteiger partial charge < -0.3 is 5.73 Å². The molecule has 0 aliphatic rings. The molecule has 0 atom stereocenters. The van der Waals surface area contributed by atoms with Crippen molar-refractivity contribution in [3.05, 3.63) is 34.9 Å². The fourth-order valence-corrected chi connectivity index (χ4v) is 1.69. The molecule has 0 aliphatic heterocycles. The largest absolute Gasteiger partial charge is 0.388 e. The Morgan fingerprint density at radius 1 is 1.44 bits per heavy atom. The van der Waals surface area contributed by atoms with Gasteiger partial charge >= 0.3 is 0 Å². The van der Waals surface area contributed by atoms with Crippen LogP contribution in [0.1, 0.15) is 18.9 Å². The van der Waals surface area contributed by atoms with E-state index < -0.39 is 0 Å². The van der Waals surface area contributed by atoms with Crippen molar-refractivity contribution in [1.29, 1.82) is 5.41 Å². The summed E-state index contributed by atoms with van der Waals surface area (Å²) >= 11 is 6.09. The topological polar surface area (TPSA) is 53.1 Å². The number of nitrogens with two attached hydrogens (primary N) is 1. The van der Waals surface area contributed by atoms with Gasteiger partial charge in [0.2, 0.25) is 0 Å². The average Bonchev–Trinajstić information content (AvgIpc) is 2.26. The molecule has 3 nitrogen and oxygen atoms in total. The van der Waals surface area contributed by atoms with E-state index in [1.807, 2.05) is 24.3 Å². The predicted octanol–water partition coefficient (Wildman–Crippen LogP) is 2.49. The zero-order chi connectivity index (χ0) is 12.0. The Hall–Kier alpha value is -1.06. The first kappa shape index (κ1) is 13.0. The van der Waals surface area contributed by atoms with Gasteiger partial charge in [-0.2, -0.15) is 0 Å². The summed E-state index contributed by atoms with van der Waals surface area (Å²) in [6, 6.07) is 7.84. The molecule has 88 valence electrons. The fraction of sp³-hybridized carbons (Fsp3) is 0.417. The zero-order valence-electron chi connectivity index (χ0n) is 9.54. The predicted molar refractivity (Wildman–Crippen MR) is 68.9 cm³/mol. The van der Waals surface area contributed by atoms with Crippen molar-refractivity contribution in [2.24, 2.45) is 5.73 Å². The third-order valence-corrected chi connectivity index (χ3v) is 2.87. The van der Waals surface area contributed by atoms with E-state index in [1.165, 1.54) is 0 Å². The van der Waals surface area contributed by atoms with Crippen LogP contribution in [0.4, 0.5) is 0 Å². The second-order valence-electron chi connectivity index (χ2n) is 3.74. The summed E-state index contributed by atoms with van der Waals surface area (Å²) in [6.07, 6.45) is 0.609. The van der Waals surface area contributed by atoms with Crippen LogP contribution in [0, 0.1) is 5.41 Å². The van der Waals surface area contributed by atoms with E-state index in [2.05, 4.69) is 11.8 Å². The Morgan fingerprint density at radius 2 is 2.12 bits per heavy atom. The van der Waals surface area contributed by atoms with Crippen molar-refractivity contribution in [3.63, 3.8) is 0 Å². The molecule has 0 saturated carbocycles. The number of benzene rings is 1. The number of hydrogen-bond donors (Lipinski definition) is 2. The molecule has 16 heavy (non-hydrogen) atoms. The maximum Gasteiger partial charge on any atom is 0.0918 e. The van der Waals surface area contributed by atoms with Crippen LogP contribution in [0.5, 0.6) is 0 Å². The first-order valence-corrected chi connectivity index (χ1v) is 5.80. The van der Waals surface area contributed by atoms with Crippen LogP contribution in [0.3, 0.4) is 0 Å². The van der Waals surface area contributed by atoms with Crippen LogP contribution in [0.15, 0.2) is 24.3 Å². The van der Waals surface area contributed by atoms with Crippen molar-refractivity contribution >= 4 is 17.4 Å². The lowest BCUT2D eigenvalue weighted by molar-refractivity contribution is 0.288. The average molecular weight is 240 g/mol. The molecule has 0 bridgehead atoms. The van der Waals surface area contributed by atoms with Gasteiger partial charge in [-0.05, 0) is 18.2 Å². The molecule has 3 N–H and O–H groups in total. The molecule has 0 radical (unpaired) electrons. The maximum absolute atomic E-state index is 7.21. The van der Waals surface area contributed by atoms with Crippen LogP contribution in [0.25, 0.3) is 0 Å². The van der Waals surface area contributed by atoms with E-state index in [0.717, 1.165) is 30.2 Å². The highest BCUT2D eigenvalue weighted by molar-refractivity contribution is 6.31. The minimum absolute atomic E-state index is 0.234. The highest BCUT2D eigenvalue weighted by Crippen LogP contribution is 2.16. The molecule has 0 unspecified atom stereocenters. The Morgan fingerprint density at radius 3 is 2.69 bits per heavy atom. The molecule has 0 fully saturated rings. The van der Waals surface area contributed by atoms with E-state index >= 15 is 0 Å². The van der Waals surface area contributed by atoms with E-state index in [1.54, 1.807) is 0 Å². The smallest absolute Gasteiger partial charge is 0.0918 e. The highest BCUT2D eigenvalue weighted by atomic mass is 35.5. The third kappa shape index (κ3) is 4.21. The summed E-state index contributed by atoms with van der Waals surface area (Å²) in [5.74, 6) is 0.234. The molecule has 4 heteroatoms. The molecular formula is C12H18ClN3. The number of amidine groups is 1. The van der Waals surface area contributed by atoms with Gasteiger partial charge in [0, 0.05) is 24.5 Å². The van der Waals surface area contributed by atoms with Crippen LogP contribution in [-0.4, -0.2) is 23.8 Å². The first-order chi connectivity index (χ1) is 7.63. The number of nitrogens with one attached hydrogen (secondary N) is 1. The number of halogens is 1. The number of rotatable bonds is 6. The minimum atomic E-state index is 0.234. The van der Waals surface area contributed by atoms with Gasteiger partial charge in [0.25, 0.3) is 0 Å². The molecule has 0 aromatic heterocycles. The van der Waals surface area contributed by atoms with Crippen LogP contribution >= 0.6 is 11.6 Å². The highest BCUT2D eigenvalue weighted by Gasteiger charge is 2.06. The molecule has 0 spiro atoms. The molecule has 0 saturated heterocycles. The molecule has 0 amide bonds. The quantitative estimate of drug-likeness (QED) is 0.592. The Labute approximate surface area is 102 Å². The van der Waals surface area contributed by atoms with Gasteiger partial charge in [0.1, 0.15) is 0 Å². The lowest BCUT2D eigenvalue weighted by atomic mass is 10.2. The summed E-state index contributed by atoms with van der Waals surface area (Å²) in [5, 5.41) is 8.00. The van der Waals surface area contributed by atoms with Crippen LogP contribution < -0.4 is 5.73 Å². The summed E-state index contributed by atoms with van der Waals surface area (Å²) in [6.45, 7) is 4.63. The number of hydrogen-bond acceptors (Lipinski definition) is 2. The maximum atomic E-state index is 7.21. The SMILES string of the molecule is CCN(CCC(=N)N)Cc1ccccc1Cl. The number of nitrogens with zero attached hydrogens (tertiary/aromatic N) is 1. The van der Waals surface area contributed by atoms with Gasteiger partial charge in [0.05, 0.1) is 5.84 Å². The molecule has 1 aromatic carbocycles. The van der Waals surface area contributed by atoms with Gasteiger partial charge in [0.15, 0.2) is 0 Å². The van der Waals surface area contributed by atoms with Gasteiger partial charge in [-0.25, -0.2) is 0 Å². The lowest BCUT2D eigenvalue weighted by Gasteiger charge is -2.20. The molecule has 0 aliphatic carbocycles. The Balaban J connectivity index is 2.56. The Bertz CT molecular complexity index is 352. The van der Waals surface area contributed by atoms with Crippen LogP contribution in [0.2, 0.25) is 5.02 Å². The normalized spacial score (nSPS) is 10.7. The summed E-state index contributed by atoms with van der Waals surface area (Å²) in [5.41, 5.74) is 6.47. The first-order valence-electron chi connectivity index (χ1n) is 5.42. The summed E-state index contributed by atoms with van der Waals surface area (Å²) in [4.78, 5) is 2.22. The van der Waals surface area contributed by atoms with E-state index in [4.69, 9.17) is 22.7 Å². The molecule has 0 heterocycles. The molecule has 1 aromatic rings. The van der Waals surface area contributed by atoms with Crippen molar-refractivity contribution in [2.45, 2.75) is 19.9 Å². The van der Waals surface area contributed by atoms with Crippen molar-refractivity contribution in [1.82, 2.24) is 4.90 Å².